The number of benzene rings is 2. The van der Waals surface area contributed by atoms with Crippen molar-refractivity contribution in [1.82, 2.24) is 0 Å². The second-order valence-electron chi connectivity index (χ2n) is 8.79. The summed E-state index contributed by atoms with van der Waals surface area (Å²) >= 11 is 0. The number of Topliss-reactive ketones (excluding diaryl/α,β-unsaturated/α-hetero) is 2. The van der Waals surface area contributed by atoms with Gasteiger partial charge in [0.1, 0.15) is 18.1 Å². The monoisotopic (exact) mass is 482 g/mol. The van der Waals surface area contributed by atoms with Crippen LogP contribution in [0.5, 0.6) is 11.5 Å². The molecule has 0 atom stereocenters. The van der Waals surface area contributed by atoms with Crippen LogP contribution in [0.15, 0.2) is 48.5 Å². The van der Waals surface area contributed by atoms with Crippen molar-refractivity contribution in [3.05, 3.63) is 59.7 Å². The normalized spacial score (nSPS) is 10.7. The van der Waals surface area contributed by atoms with Gasteiger partial charge in [-0.15, -0.1) is 0 Å². The maximum atomic E-state index is 12.2. The summed E-state index contributed by atoms with van der Waals surface area (Å²) in [5.74, 6) is -0.291. The Bertz CT molecular complexity index is 903. The van der Waals surface area contributed by atoms with E-state index in [-0.39, 0.29) is 5.56 Å². The molecule has 6 nitrogen and oxygen atoms in total. The smallest absolute Gasteiger partial charge is 0.339 e. The number of carbonyl (C=O) groups is 3. The van der Waals surface area contributed by atoms with Crippen LogP contribution in [0.25, 0.3) is 0 Å². The SMILES string of the molecule is CCCCCCCCCCOc1ccc(COc2ccc(C(=O)OC(C(C)=O)C(C)=O)cc2)cc1. The molecular formula is C29H38O6. The molecule has 0 aromatic heterocycles. The maximum absolute atomic E-state index is 12.2. The van der Waals surface area contributed by atoms with Crippen LogP contribution in [0, 0.1) is 0 Å². The second-order valence-corrected chi connectivity index (χ2v) is 8.79. The van der Waals surface area contributed by atoms with Crippen LogP contribution >= 0.6 is 0 Å². The Morgan fingerprint density at radius 1 is 0.686 bits per heavy atom. The molecule has 0 bridgehead atoms. The molecule has 2 rings (SSSR count). The highest BCUT2D eigenvalue weighted by atomic mass is 16.6. The minimum atomic E-state index is -1.37. The fourth-order valence-electron chi connectivity index (χ4n) is 3.59. The summed E-state index contributed by atoms with van der Waals surface area (Å²) in [7, 11) is 0. The van der Waals surface area contributed by atoms with Crippen LogP contribution in [0.3, 0.4) is 0 Å². The first kappa shape index (κ1) is 28.1. The molecule has 0 radical (unpaired) electrons. The third kappa shape index (κ3) is 10.8. The van der Waals surface area contributed by atoms with E-state index < -0.39 is 23.6 Å². The van der Waals surface area contributed by atoms with Crippen molar-refractivity contribution < 1.29 is 28.6 Å². The van der Waals surface area contributed by atoms with Crippen LogP contribution < -0.4 is 9.47 Å². The lowest BCUT2D eigenvalue weighted by Crippen LogP contribution is -2.31. The number of hydrogen-bond acceptors (Lipinski definition) is 6. The van der Waals surface area contributed by atoms with E-state index in [4.69, 9.17) is 14.2 Å². The van der Waals surface area contributed by atoms with E-state index in [0.29, 0.717) is 12.4 Å². The summed E-state index contributed by atoms with van der Waals surface area (Å²) in [6.45, 7) is 5.78. The molecule has 0 aliphatic rings. The minimum Gasteiger partial charge on any atom is -0.494 e. The molecule has 0 heterocycles. The fraction of sp³-hybridized carbons (Fsp3) is 0.483. The van der Waals surface area contributed by atoms with Crippen molar-refractivity contribution in [3.63, 3.8) is 0 Å². The van der Waals surface area contributed by atoms with E-state index in [9.17, 15) is 14.4 Å². The van der Waals surface area contributed by atoms with E-state index >= 15 is 0 Å². The standard InChI is InChI=1S/C29H38O6/c1-4-5-6-7-8-9-10-11-20-33-26-16-12-24(13-17-26)21-34-27-18-14-25(15-19-27)29(32)35-28(22(2)30)23(3)31/h12-19,28H,4-11,20-21H2,1-3H3. The molecule has 0 fully saturated rings. The highest BCUT2D eigenvalue weighted by molar-refractivity contribution is 6.05. The second kappa shape index (κ2) is 15.7. The predicted octanol–water partition coefficient (Wildman–Crippen LogP) is 6.49. The molecule has 0 aliphatic heterocycles. The number of unbranched alkanes of at least 4 members (excludes halogenated alkanes) is 7. The van der Waals surface area contributed by atoms with E-state index in [1.807, 2.05) is 24.3 Å². The highest BCUT2D eigenvalue weighted by Gasteiger charge is 2.24. The zero-order chi connectivity index (χ0) is 25.5. The van der Waals surface area contributed by atoms with Gasteiger partial charge in [0.2, 0.25) is 6.10 Å². The van der Waals surface area contributed by atoms with Crippen molar-refractivity contribution in [3.8, 4) is 11.5 Å². The predicted molar refractivity (Wildman–Crippen MR) is 136 cm³/mol. The first-order chi connectivity index (χ1) is 16.9. The fourth-order valence-corrected chi connectivity index (χ4v) is 3.59. The van der Waals surface area contributed by atoms with E-state index in [1.165, 1.54) is 70.9 Å². The molecule has 190 valence electrons. The number of esters is 1. The number of carbonyl (C=O) groups excluding carboxylic acids is 3. The largest absolute Gasteiger partial charge is 0.494 e. The number of hydrogen-bond donors (Lipinski definition) is 0. The summed E-state index contributed by atoms with van der Waals surface area (Å²) in [6, 6.07) is 14.2. The molecule has 2 aromatic rings. The average molecular weight is 483 g/mol. The third-order valence-corrected chi connectivity index (χ3v) is 5.65. The third-order valence-electron chi connectivity index (χ3n) is 5.65. The van der Waals surface area contributed by atoms with Gasteiger partial charge in [0, 0.05) is 0 Å². The van der Waals surface area contributed by atoms with Crippen LogP contribution in [-0.2, 0) is 20.9 Å². The topological polar surface area (TPSA) is 78.9 Å². The van der Waals surface area contributed by atoms with Crippen molar-refractivity contribution in [2.24, 2.45) is 0 Å². The summed E-state index contributed by atoms with van der Waals surface area (Å²) in [6.07, 6.45) is 8.86. The first-order valence-electron chi connectivity index (χ1n) is 12.6. The van der Waals surface area contributed by atoms with Gasteiger partial charge in [0.15, 0.2) is 11.6 Å². The Morgan fingerprint density at radius 3 is 1.77 bits per heavy atom. The number of ether oxygens (including phenoxy) is 3. The van der Waals surface area contributed by atoms with Gasteiger partial charge in [-0.1, -0.05) is 64.0 Å². The Kier molecular flexibility index (Phi) is 12.6. The lowest BCUT2D eigenvalue weighted by molar-refractivity contribution is -0.136. The molecular weight excluding hydrogens is 444 g/mol. The van der Waals surface area contributed by atoms with Crippen LogP contribution in [0.1, 0.15) is 88.1 Å². The molecule has 0 amide bonds. The molecule has 0 N–H and O–H groups in total. The lowest BCUT2D eigenvalue weighted by Gasteiger charge is -2.12. The zero-order valence-electron chi connectivity index (χ0n) is 21.2. The highest BCUT2D eigenvalue weighted by Crippen LogP contribution is 2.18. The summed E-state index contributed by atoms with van der Waals surface area (Å²) in [4.78, 5) is 35.1. The molecule has 35 heavy (non-hydrogen) atoms. The maximum Gasteiger partial charge on any atom is 0.339 e. The molecule has 0 aliphatic carbocycles. The molecule has 0 spiro atoms. The van der Waals surface area contributed by atoms with Crippen LogP contribution in [-0.4, -0.2) is 30.2 Å². The van der Waals surface area contributed by atoms with Crippen molar-refractivity contribution in [1.29, 1.82) is 0 Å². The van der Waals surface area contributed by atoms with Crippen molar-refractivity contribution in [2.75, 3.05) is 6.61 Å². The Morgan fingerprint density at radius 2 is 1.20 bits per heavy atom. The van der Waals surface area contributed by atoms with Gasteiger partial charge >= 0.3 is 5.97 Å². The molecule has 0 unspecified atom stereocenters. The van der Waals surface area contributed by atoms with Crippen molar-refractivity contribution >= 4 is 17.5 Å². The van der Waals surface area contributed by atoms with Gasteiger partial charge in [0.05, 0.1) is 12.2 Å². The number of ketones is 2. The van der Waals surface area contributed by atoms with Gasteiger partial charge in [-0.2, -0.15) is 0 Å². The number of rotatable bonds is 17. The average Bonchev–Trinajstić information content (AvgIpc) is 2.85. The Labute approximate surface area is 209 Å². The van der Waals surface area contributed by atoms with E-state index in [0.717, 1.165) is 24.3 Å². The van der Waals surface area contributed by atoms with Gasteiger partial charge in [-0.25, -0.2) is 4.79 Å². The van der Waals surface area contributed by atoms with E-state index in [1.54, 1.807) is 12.1 Å². The molecule has 2 aromatic carbocycles. The summed E-state index contributed by atoms with van der Waals surface area (Å²) in [5, 5.41) is 0. The van der Waals surface area contributed by atoms with Gasteiger partial charge < -0.3 is 14.2 Å². The molecule has 0 saturated heterocycles. The molecule has 0 saturated carbocycles. The molecule has 6 heteroatoms. The lowest BCUT2D eigenvalue weighted by atomic mass is 10.1. The van der Waals surface area contributed by atoms with Crippen LogP contribution in [0.2, 0.25) is 0 Å². The van der Waals surface area contributed by atoms with Gasteiger partial charge in [0.25, 0.3) is 0 Å². The van der Waals surface area contributed by atoms with Crippen LogP contribution in [0.4, 0.5) is 0 Å². The van der Waals surface area contributed by atoms with Gasteiger partial charge in [-0.05, 0) is 62.2 Å². The first-order valence-corrected chi connectivity index (χ1v) is 12.6. The zero-order valence-corrected chi connectivity index (χ0v) is 21.2. The Balaban J connectivity index is 1.69. The summed E-state index contributed by atoms with van der Waals surface area (Å²) in [5.41, 5.74) is 1.24. The Hall–Kier alpha value is -3.15. The minimum absolute atomic E-state index is 0.239. The van der Waals surface area contributed by atoms with Crippen molar-refractivity contribution in [2.45, 2.75) is 84.8 Å². The quantitative estimate of drug-likeness (QED) is 0.146. The van der Waals surface area contributed by atoms with Gasteiger partial charge in [-0.3, -0.25) is 9.59 Å². The summed E-state index contributed by atoms with van der Waals surface area (Å²) < 4.78 is 16.6. The van der Waals surface area contributed by atoms with E-state index in [2.05, 4.69) is 6.92 Å².